The van der Waals surface area contributed by atoms with Crippen molar-refractivity contribution in [2.75, 3.05) is 31.2 Å². The molecule has 7 heteroatoms. The number of anilines is 1. The second kappa shape index (κ2) is 6.38. The van der Waals surface area contributed by atoms with Crippen molar-refractivity contribution in [3.8, 4) is 0 Å². The van der Waals surface area contributed by atoms with E-state index in [1.54, 1.807) is 12.1 Å². The number of imide groups is 1. The summed E-state index contributed by atoms with van der Waals surface area (Å²) in [6.45, 7) is 2.56. The molecule has 25 heavy (non-hydrogen) atoms. The first-order valence-electron chi connectivity index (χ1n) is 8.72. The van der Waals surface area contributed by atoms with Crippen LogP contribution in [-0.2, 0) is 19.1 Å². The normalized spacial score (nSPS) is 26.1. The Bertz CT molecular complexity index is 692. The number of hydrogen-bond acceptors (Lipinski definition) is 5. The topological polar surface area (TPSA) is 67.9 Å². The van der Waals surface area contributed by atoms with Gasteiger partial charge in [-0.1, -0.05) is 6.07 Å². The fourth-order valence-corrected chi connectivity index (χ4v) is 3.88. The standard InChI is InChI=1S/C18H21FN2O4/c19-14-11-12(13-2-4-16(22)20-17(13)23)1-3-15(14)21-7-5-18(6-8-21)24-9-10-25-18/h1,3,11,13H,2,4-10H2,(H,20,22,23). The fourth-order valence-electron chi connectivity index (χ4n) is 3.88. The average molecular weight is 348 g/mol. The van der Waals surface area contributed by atoms with E-state index in [2.05, 4.69) is 5.32 Å². The van der Waals surface area contributed by atoms with Crippen molar-refractivity contribution in [3.05, 3.63) is 29.6 Å². The molecule has 3 aliphatic heterocycles. The summed E-state index contributed by atoms with van der Waals surface area (Å²) in [5.41, 5.74) is 1.14. The van der Waals surface area contributed by atoms with E-state index in [1.807, 2.05) is 4.90 Å². The molecule has 0 bridgehead atoms. The second-order valence-corrected chi connectivity index (χ2v) is 6.81. The molecule has 4 rings (SSSR count). The SMILES string of the molecule is O=C1CCC(c2ccc(N3CCC4(CC3)OCCO4)c(F)c2)C(=O)N1. The first kappa shape index (κ1) is 16.5. The molecule has 1 spiro atoms. The van der Waals surface area contributed by atoms with Crippen LogP contribution in [0.15, 0.2) is 18.2 Å². The summed E-state index contributed by atoms with van der Waals surface area (Å²) in [4.78, 5) is 25.2. The van der Waals surface area contributed by atoms with Gasteiger partial charge in [0.25, 0.3) is 0 Å². The van der Waals surface area contributed by atoms with Crippen molar-refractivity contribution in [1.82, 2.24) is 5.32 Å². The van der Waals surface area contributed by atoms with Crippen molar-refractivity contribution in [3.63, 3.8) is 0 Å². The first-order valence-corrected chi connectivity index (χ1v) is 8.72. The van der Waals surface area contributed by atoms with E-state index in [-0.39, 0.29) is 24.1 Å². The van der Waals surface area contributed by atoms with E-state index < -0.39 is 11.7 Å². The van der Waals surface area contributed by atoms with Crippen LogP contribution < -0.4 is 10.2 Å². The molecule has 1 N–H and O–H groups in total. The lowest BCUT2D eigenvalue weighted by Gasteiger charge is -2.38. The molecule has 6 nitrogen and oxygen atoms in total. The molecular formula is C18H21FN2O4. The molecule has 0 radical (unpaired) electrons. The molecule has 1 unspecified atom stereocenters. The van der Waals surface area contributed by atoms with Crippen LogP contribution >= 0.6 is 0 Å². The van der Waals surface area contributed by atoms with Crippen LogP contribution in [-0.4, -0.2) is 43.9 Å². The highest BCUT2D eigenvalue weighted by Gasteiger charge is 2.40. The monoisotopic (exact) mass is 348 g/mol. The van der Waals surface area contributed by atoms with Crippen molar-refractivity contribution in [2.24, 2.45) is 0 Å². The minimum atomic E-state index is -0.486. The summed E-state index contributed by atoms with van der Waals surface area (Å²) in [5, 5.41) is 2.31. The molecule has 1 atom stereocenters. The highest BCUT2D eigenvalue weighted by atomic mass is 19.1. The van der Waals surface area contributed by atoms with E-state index in [9.17, 15) is 14.0 Å². The molecule has 0 aromatic heterocycles. The molecule has 0 saturated carbocycles. The molecule has 0 aliphatic carbocycles. The highest BCUT2D eigenvalue weighted by Crippen LogP contribution is 2.35. The van der Waals surface area contributed by atoms with Crippen LogP contribution in [0.1, 0.15) is 37.2 Å². The summed E-state index contributed by atoms with van der Waals surface area (Å²) < 4.78 is 26.1. The maximum Gasteiger partial charge on any atom is 0.234 e. The Hall–Kier alpha value is -1.99. The third-order valence-electron chi connectivity index (χ3n) is 5.29. The molecule has 1 aromatic rings. The van der Waals surface area contributed by atoms with Gasteiger partial charge in [-0.15, -0.1) is 0 Å². The van der Waals surface area contributed by atoms with Gasteiger partial charge in [0, 0.05) is 32.4 Å². The molecule has 3 aliphatic rings. The Morgan fingerprint density at radius 2 is 1.88 bits per heavy atom. The quantitative estimate of drug-likeness (QED) is 0.824. The van der Waals surface area contributed by atoms with Gasteiger partial charge in [-0.05, 0) is 24.1 Å². The number of halogens is 1. The molecular weight excluding hydrogens is 327 g/mol. The Labute approximate surface area is 145 Å². The second-order valence-electron chi connectivity index (χ2n) is 6.81. The van der Waals surface area contributed by atoms with Gasteiger partial charge < -0.3 is 14.4 Å². The van der Waals surface area contributed by atoms with Gasteiger partial charge >= 0.3 is 0 Å². The van der Waals surface area contributed by atoms with Crippen molar-refractivity contribution >= 4 is 17.5 Å². The number of nitrogens with one attached hydrogen (secondary N) is 1. The Kier molecular flexibility index (Phi) is 4.21. The maximum absolute atomic E-state index is 14.7. The smallest absolute Gasteiger partial charge is 0.234 e. The van der Waals surface area contributed by atoms with E-state index in [1.165, 1.54) is 6.07 Å². The molecule has 3 fully saturated rings. The van der Waals surface area contributed by atoms with E-state index in [4.69, 9.17) is 9.47 Å². The number of carbonyl (C=O) groups is 2. The minimum Gasteiger partial charge on any atom is -0.369 e. The van der Waals surface area contributed by atoms with Gasteiger partial charge in [-0.3, -0.25) is 14.9 Å². The number of benzene rings is 1. The van der Waals surface area contributed by atoms with Crippen LogP contribution in [0.2, 0.25) is 0 Å². The first-order chi connectivity index (χ1) is 12.1. The molecule has 2 amide bonds. The summed E-state index contributed by atoms with van der Waals surface area (Å²) in [6, 6.07) is 4.93. The van der Waals surface area contributed by atoms with E-state index in [0.717, 1.165) is 0 Å². The van der Waals surface area contributed by atoms with Crippen molar-refractivity contribution in [1.29, 1.82) is 0 Å². The summed E-state index contributed by atoms with van der Waals surface area (Å²) in [7, 11) is 0. The van der Waals surface area contributed by atoms with Crippen molar-refractivity contribution in [2.45, 2.75) is 37.4 Å². The van der Waals surface area contributed by atoms with Crippen LogP contribution in [0.5, 0.6) is 0 Å². The third-order valence-corrected chi connectivity index (χ3v) is 5.29. The zero-order chi connectivity index (χ0) is 17.4. The predicted octanol–water partition coefficient (Wildman–Crippen LogP) is 1.69. The number of amides is 2. The van der Waals surface area contributed by atoms with E-state index >= 15 is 0 Å². The zero-order valence-corrected chi connectivity index (χ0v) is 13.9. The molecule has 3 saturated heterocycles. The fraction of sp³-hybridized carbons (Fsp3) is 0.556. The number of carbonyl (C=O) groups excluding carboxylic acids is 2. The lowest BCUT2D eigenvalue weighted by atomic mass is 9.90. The Morgan fingerprint density at radius 3 is 2.52 bits per heavy atom. The van der Waals surface area contributed by atoms with Crippen molar-refractivity contribution < 1.29 is 23.5 Å². The van der Waals surface area contributed by atoms with Gasteiger partial charge in [-0.25, -0.2) is 4.39 Å². The average Bonchev–Trinajstić information content (AvgIpc) is 3.04. The number of nitrogens with zero attached hydrogens (tertiary/aromatic N) is 1. The third kappa shape index (κ3) is 3.14. The molecule has 1 aromatic carbocycles. The van der Waals surface area contributed by atoms with Gasteiger partial charge in [0.05, 0.1) is 24.8 Å². The number of rotatable bonds is 2. The van der Waals surface area contributed by atoms with Crippen LogP contribution in [0.3, 0.4) is 0 Å². The molecule has 3 heterocycles. The van der Waals surface area contributed by atoms with Gasteiger partial charge in [0.1, 0.15) is 5.82 Å². The molecule has 134 valence electrons. The maximum atomic E-state index is 14.7. The van der Waals surface area contributed by atoms with E-state index in [0.29, 0.717) is 56.8 Å². The number of piperidine rings is 2. The summed E-state index contributed by atoms with van der Waals surface area (Å²) in [5.74, 6) is -1.91. The highest BCUT2D eigenvalue weighted by molar-refractivity contribution is 6.00. The zero-order valence-electron chi connectivity index (χ0n) is 13.9. The largest absolute Gasteiger partial charge is 0.369 e. The Balaban J connectivity index is 1.47. The van der Waals surface area contributed by atoms with Gasteiger partial charge in [-0.2, -0.15) is 0 Å². The number of hydrogen-bond donors (Lipinski definition) is 1. The Morgan fingerprint density at radius 1 is 1.16 bits per heavy atom. The summed E-state index contributed by atoms with van der Waals surface area (Å²) >= 11 is 0. The predicted molar refractivity (Wildman–Crippen MR) is 87.6 cm³/mol. The van der Waals surface area contributed by atoms with Crippen LogP contribution in [0, 0.1) is 5.82 Å². The summed E-state index contributed by atoms with van der Waals surface area (Å²) in [6.07, 6.45) is 2.13. The lowest BCUT2D eigenvalue weighted by molar-refractivity contribution is -0.169. The van der Waals surface area contributed by atoms with Crippen LogP contribution in [0.4, 0.5) is 10.1 Å². The van der Waals surface area contributed by atoms with Gasteiger partial charge in [0.15, 0.2) is 5.79 Å². The van der Waals surface area contributed by atoms with Crippen LogP contribution in [0.25, 0.3) is 0 Å². The number of ether oxygens (including phenoxy) is 2. The lowest BCUT2D eigenvalue weighted by Crippen LogP contribution is -2.45. The van der Waals surface area contributed by atoms with Gasteiger partial charge in [0.2, 0.25) is 11.8 Å². The minimum absolute atomic E-state index is 0.267.